The minimum Gasteiger partial charge on any atom is -0.369 e. The molecule has 0 aromatic heterocycles. The third kappa shape index (κ3) is 2.14. The van der Waals surface area contributed by atoms with Gasteiger partial charge in [-0.2, -0.15) is 0 Å². The second kappa shape index (κ2) is 4.30. The van der Waals surface area contributed by atoms with Gasteiger partial charge < -0.3 is 10.1 Å². The van der Waals surface area contributed by atoms with Crippen LogP contribution < -0.4 is 5.32 Å². The van der Waals surface area contributed by atoms with Gasteiger partial charge >= 0.3 is 0 Å². The molecule has 1 saturated heterocycles. The Morgan fingerprint density at radius 1 is 1.25 bits per heavy atom. The smallest absolute Gasteiger partial charge is 0.0813 e. The van der Waals surface area contributed by atoms with Gasteiger partial charge in [0.25, 0.3) is 0 Å². The van der Waals surface area contributed by atoms with E-state index in [2.05, 4.69) is 12.2 Å². The first-order chi connectivity index (χ1) is 7.81. The zero-order valence-electron chi connectivity index (χ0n) is 10.5. The highest BCUT2D eigenvalue weighted by molar-refractivity contribution is 4.97. The Bertz CT molecular complexity index is 247. The Balaban J connectivity index is 1.66. The maximum Gasteiger partial charge on any atom is 0.0813 e. The van der Waals surface area contributed by atoms with Gasteiger partial charge in [0.1, 0.15) is 0 Å². The van der Waals surface area contributed by atoms with E-state index < -0.39 is 0 Å². The van der Waals surface area contributed by atoms with Crippen LogP contribution in [-0.4, -0.2) is 24.8 Å². The molecule has 3 fully saturated rings. The Kier molecular flexibility index (Phi) is 2.97. The SMILES string of the molecule is CCC1CNCC2(CCCC(C3CC3)C2)O1. The molecule has 0 bridgehead atoms. The Morgan fingerprint density at radius 2 is 2.12 bits per heavy atom. The maximum absolute atomic E-state index is 6.41. The average Bonchev–Trinajstić information content (AvgIpc) is 3.13. The monoisotopic (exact) mass is 223 g/mol. The second-order valence-corrected chi connectivity index (χ2v) is 6.16. The molecule has 0 aromatic rings. The van der Waals surface area contributed by atoms with Crippen molar-refractivity contribution in [2.45, 2.75) is 63.6 Å². The van der Waals surface area contributed by atoms with Crippen LogP contribution >= 0.6 is 0 Å². The van der Waals surface area contributed by atoms with E-state index in [1.54, 1.807) is 0 Å². The van der Waals surface area contributed by atoms with Crippen molar-refractivity contribution in [3.63, 3.8) is 0 Å². The Hall–Kier alpha value is -0.0800. The van der Waals surface area contributed by atoms with E-state index in [0.29, 0.717) is 6.10 Å². The van der Waals surface area contributed by atoms with Crippen LogP contribution in [0.5, 0.6) is 0 Å². The van der Waals surface area contributed by atoms with Crippen LogP contribution in [0, 0.1) is 11.8 Å². The number of hydrogen-bond acceptors (Lipinski definition) is 2. The third-order valence-corrected chi connectivity index (χ3v) is 4.82. The van der Waals surface area contributed by atoms with Gasteiger partial charge in [0.15, 0.2) is 0 Å². The molecule has 1 heterocycles. The van der Waals surface area contributed by atoms with Gasteiger partial charge in [-0.1, -0.05) is 13.3 Å². The summed E-state index contributed by atoms with van der Waals surface area (Å²) in [5.41, 5.74) is 0.213. The summed E-state index contributed by atoms with van der Waals surface area (Å²) in [6.07, 6.45) is 10.1. The minimum atomic E-state index is 0.213. The number of ether oxygens (including phenoxy) is 1. The van der Waals surface area contributed by atoms with Gasteiger partial charge in [-0.15, -0.1) is 0 Å². The van der Waals surface area contributed by atoms with Crippen molar-refractivity contribution < 1.29 is 4.74 Å². The molecule has 3 aliphatic rings. The molecule has 0 amide bonds. The van der Waals surface area contributed by atoms with Crippen molar-refractivity contribution in [2.75, 3.05) is 13.1 Å². The molecule has 16 heavy (non-hydrogen) atoms. The fourth-order valence-electron chi connectivity index (χ4n) is 3.73. The topological polar surface area (TPSA) is 21.3 Å². The largest absolute Gasteiger partial charge is 0.369 e. The summed E-state index contributed by atoms with van der Waals surface area (Å²) in [6, 6.07) is 0. The molecule has 2 nitrogen and oxygen atoms in total. The summed E-state index contributed by atoms with van der Waals surface area (Å²) in [4.78, 5) is 0. The lowest BCUT2D eigenvalue weighted by Gasteiger charge is -2.46. The van der Waals surface area contributed by atoms with Crippen molar-refractivity contribution >= 4 is 0 Å². The first-order valence-corrected chi connectivity index (χ1v) is 7.20. The van der Waals surface area contributed by atoms with Crippen LogP contribution in [0.15, 0.2) is 0 Å². The highest BCUT2D eigenvalue weighted by Crippen LogP contribution is 2.48. The molecule has 1 spiro atoms. The van der Waals surface area contributed by atoms with Crippen LogP contribution in [0.4, 0.5) is 0 Å². The van der Waals surface area contributed by atoms with E-state index in [9.17, 15) is 0 Å². The van der Waals surface area contributed by atoms with Gasteiger partial charge in [0.05, 0.1) is 11.7 Å². The molecule has 0 radical (unpaired) electrons. The fourth-order valence-corrected chi connectivity index (χ4v) is 3.73. The van der Waals surface area contributed by atoms with Gasteiger partial charge in [0.2, 0.25) is 0 Å². The number of morpholine rings is 1. The van der Waals surface area contributed by atoms with Crippen LogP contribution in [0.2, 0.25) is 0 Å². The highest BCUT2D eigenvalue weighted by atomic mass is 16.5. The third-order valence-electron chi connectivity index (χ3n) is 4.82. The Morgan fingerprint density at radius 3 is 2.88 bits per heavy atom. The fraction of sp³-hybridized carbons (Fsp3) is 1.00. The summed E-state index contributed by atoms with van der Waals surface area (Å²) < 4.78 is 6.41. The highest BCUT2D eigenvalue weighted by Gasteiger charge is 2.44. The van der Waals surface area contributed by atoms with E-state index in [0.717, 1.165) is 31.3 Å². The molecular formula is C14H25NO. The molecule has 2 aliphatic carbocycles. The molecule has 1 N–H and O–H groups in total. The van der Waals surface area contributed by atoms with Crippen molar-refractivity contribution in [3.8, 4) is 0 Å². The number of hydrogen-bond donors (Lipinski definition) is 1. The number of nitrogens with one attached hydrogen (secondary N) is 1. The summed E-state index contributed by atoms with van der Waals surface area (Å²) in [5, 5.41) is 3.60. The van der Waals surface area contributed by atoms with Gasteiger partial charge in [-0.25, -0.2) is 0 Å². The van der Waals surface area contributed by atoms with Crippen LogP contribution in [-0.2, 0) is 4.74 Å². The van der Waals surface area contributed by atoms with E-state index in [1.165, 1.54) is 38.5 Å². The quantitative estimate of drug-likeness (QED) is 0.777. The van der Waals surface area contributed by atoms with Crippen molar-refractivity contribution in [1.82, 2.24) is 5.32 Å². The average molecular weight is 223 g/mol. The van der Waals surface area contributed by atoms with E-state index in [1.807, 2.05) is 0 Å². The molecule has 3 atom stereocenters. The van der Waals surface area contributed by atoms with Gasteiger partial charge in [-0.05, 0) is 50.4 Å². The van der Waals surface area contributed by atoms with Gasteiger partial charge in [-0.3, -0.25) is 0 Å². The molecule has 92 valence electrons. The van der Waals surface area contributed by atoms with Crippen molar-refractivity contribution in [3.05, 3.63) is 0 Å². The van der Waals surface area contributed by atoms with Crippen LogP contribution in [0.1, 0.15) is 51.9 Å². The minimum absolute atomic E-state index is 0.213. The van der Waals surface area contributed by atoms with E-state index in [-0.39, 0.29) is 5.60 Å². The lowest BCUT2D eigenvalue weighted by molar-refractivity contribution is -0.144. The molecule has 2 saturated carbocycles. The predicted octanol–water partition coefficient (Wildman–Crippen LogP) is 2.72. The Labute approximate surface area is 99.1 Å². The lowest BCUT2D eigenvalue weighted by atomic mass is 9.75. The predicted molar refractivity (Wildman–Crippen MR) is 65.4 cm³/mol. The second-order valence-electron chi connectivity index (χ2n) is 6.16. The van der Waals surface area contributed by atoms with Crippen LogP contribution in [0.3, 0.4) is 0 Å². The molecule has 0 aromatic carbocycles. The normalized spacial score (nSPS) is 44.8. The van der Waals surface area contributed by atoms with Crippen molar-refractivity contribution in [2.24, 2.45) is 11.8 Å². The first kappa shape index (κ1) is 11.0. The molecular weight excluding hydrogens is 198 g/mol. The van der Waals surface area contributed by atoms with E-state index >= 15 is 0 Å². The summed E-state index contributed by atoms with van der Waals surface area (Å²) in [7, 11) is 0. The number of rotatable bonds is 2. The maximum atomic E-state index is 6.41. The summed E-state index contributed by atoms with van der Waals surface area (Å²) in [6.45, 7) is 4.41. The summed E-state index contributed by atoms with van der Waals surface area (Å²) in [5.74, 6) is 2.04. The summed E-state index contributed by atoms with van der Waals surface area (Å²) >= 11 is 0. The van der Waals surface area contributed by atoms with E-state index in [4.69, 9.17) is 4.74 Å². The molecule has 3 unspecified atom stereocenters. The molecule has 3 rings (SSSR count). The van der Waals surface area contributed by atoms with Crippen molar-refractivity contribution in [1.29, 1.82) is 0 Å². The molecule has 1 aliphatic heterocycles. The first-order valence-electron chi connectivity index (χ1n) is 7.20. The molecule has 2 heteroatoms. The zero-order valence-corrected chi connectivity index (χ0v) is 10.5. The zero-order chi connectivity index (χ0) is 11.0. The standard InChI is InChI=1S/C14H25NO/c1-2-13-9-15-10-14(16-13)7-3-4-12(8-14)11-5-6-11/h11-13,15H,2-10H2,1H3. The van der Waals surface area contributed by atoms with Crippen LogP contribution in [0.25, 0.3) is 0 Å². The lowest BCUT2D eigenvalue weighted by Crippen LogP contribution is -2.55. The van der Waals surface area contributed by atoms with Gasteiger partial charge in [0, 0.05) is 13.1 Å².